The minimum Gasteiger partial charge on any atom is -0.477 e. The van der Waals surface area contributed by atoms with E-state index in [9.17, 15) is 18.9 Å². The molecule has 1 N–H and O–H groups in total. The molecule has 1 unspecified atom stereocenters. The predicted molar refractivity (Wildman–Crippen MR) is 103 cm³/mol. The molecule has 0 saturated carbocycles. The van der Waals surface area contributed by atoms with Crippen molar-refractivity contribution in [3.05, 3.63) is 9.93 Å². The third kappa shape index (κ3) is 3.48. The zero-order valence-electron chi connectivity index (χ0n) is 15.8. The molecule has 0 aliphatic carbocycles. The minimum absolute atomic E-state index is 0.0237. The first-order valence-electron chi connectivity index (χ1n) is 8.37. The number of hydrogen-bond donors (Lipinski definition) is 1. The summed E-state index contributed by atoms with van der Waals surface area (Å²) in [7, 11) is -3.44. The number of β-lactam (4-membered cyclic amide) rings is 1. The standard InChI is InChI=1S/C16H27NO5S2Si/c1-8-24(21)15-11(14(19)20)17-12(18)10(13(17)23-15)9(2)22-25(6,7)16(3,4)5/h9-10,13H,8H2,1-7H3,(H,19,20)/t9-,10+,13-,24?/m1/s1. The van der Waals surface area contributed by atoms with Gasteiger partial charge < -0.3 is 9.53 Å². The molecule has 0 spiro atoms. The maximum atomic E-state index is 12.6. The average molecular weight is 406 g/mol. The number of thioether (sulfide) groups is 1. The van der Waals surface area contributed by atoms with Crippen LogP contribution in [0.5, 0.6) is 0 Å². The van der Waals surface area contributed by atoms with Gasteiger partial charge in [0.05, 0.1) is 22.8 Å². The Kier molecular flexibility index (Phi) is 5.64. The van der Waals surface area contributed by atoms with Crippen LogP contribution in [0.4, 0.5) is 0 Å². The van der Waals surface area contributed by atoms with Crippen LogP contribution < -0.4 is 0 Å². The van der Waals surface area contributed by atoms with Crippen LogP contribution in [0, 0.1) is 5.92 Å². The topological polar surface area (TPSA) is 83.9 Å². The van der Waals surface area contributed by atoms with Crippen molar-refractivity contribution in [1.29, 1.82) is 0 Å². The summed E-state index contributed by atoms with van der Waals surface area (Å²) >= 11 is 1.24. The fourth-order valence-electron chi connectivity index (χ4n) is 2.74. The second-order valence-corrected chi connectivity index (χ2v) is 15.7. The molecule has 0 aromatic carbocycles. The van der Waals surface area contributed by atoms with Crippen molar-refractivity contribution in [1.82, 2.24) is 4.90 Å². The van der Waals surface area contributed by atoms with Gasteiger partial charge in [0.15, 0.2) is 14.0 Å². The highest BCUT2D eigenvalue weighted by Gasteiger charge is 2.59. The van der Waals surface area contributed by atoms with Crippen LogP contribution in [0.25, 0.3) is 0 Å². The van der Waals surface area contributed by atoms with E-state index in [-0.39, 0.29) is 28.1 Å². The molecule has 2 rings (SSSR count). The maximum Gasteiger partial charge on any atom is 0.354 e. The molecule has 1 saturated heterocycles. The van der Waals surface area contributed by atoms with Crippen molar-refractivity contribution in [3.8, 4) is 0 Å². The van der Waals surface area contributed by atoms with E-state index in [1.807, 2.05) is 6.92 Å². The van der Waals surface area contributed by atoms with Gasteiger partial charge in [-0.05, 0) is 25.1 Å². The molecular weight excluding hydrogens is 378 g/mol. The van der Waals surface area contributed by atoms with Gasteiger partial charge in [0, 0.05) is 5.75 Å². The summed E-state index contributed by atoms with van der Waals surface area (Å²) in [6.45, 7) is 14.3. The molecule has 2 aliphatic rings. The van der Waals surface area contributed by atoms with Crippen molar-refractivity contribution in [2.24, 2.45) is 5.92 Å². The zero-order valence-corrected chi connectivity index (χ0v) is 18.4. The molecule has 1 amide bonds. The number of fused-ring (bicyclic) bond motifs is 1. The summed E-state index contributed by atoms with van der Waals surface area (Å²) in [5.41, 5.74) is -0.115. The number of rotatable bonds is 6. The van der Waals surface area contributed by atoms with Gasteiger partial charge in [-0.2, -0.15) is 0 Å². The molecule has 1 fully saturated rings. The highest BCUT2D eigenvalue weighted by Crippen LogP contribution is 2.52. The van der Waals surface area contributed by atoms with E-state index in [2.05, 4.69) is 33.9 Å². The average Bonchev–Trinajstić information content (AvgIpc) is 2.80. The van der Waals surface area contributed by atoms with Crippen LogP contribution in [0.2, 0.25) is 18.1 Å². The van der Waals surface area contributed by atoms with Crippen molar-refractivity contribution >= 4 is 42.8 Å². The van der Waals surface area contributed by atoms with Gasteiger partial charge in [-0.1, -0.05) is 39.5 Å². The van der Waals surface area contributed by atoms with Gasteiger partial charge in [0.25, 0.3) is 0 Å². The Balaban J connectivity index is 2.22. The summed E-state index contributed by atoms with van der Waals surface area (Å²) in [6.07, 6.45) is -0.299. The van der Waals surface area contributed by atoms with E-state index in [4.69, 9.17) is 4.43 Å². The van der Waals surface area contributed by atoms with Gasteiger partial charge in [-0.25, -0.2) is 4.79 Å². The van der Waals surface area contributed by atoms with Gasteiger partial charge in [0.2, 0.25) is 5.91 Å². The van der Waals surface area contributed by atoms with Crippen molar-refractivity contribution < 1.29 is 23.3 Å². The Bertz CT molecular complexity index is 655. The summed E-state index contributed by atoms with van der Waals surface area (Å²) in [5, 5.41) is 9.16. The predicted octanol–water partition coefficient (Wildman–Crippen LogP) is 2.95. The molecule has 0 radical (unpaired) electrons. The molecule has 6 nitrogen and oxygen atoms in total. The first-order valence-corrected chi connectivity index (χ1v) is 13.5. The lowest BCUT2D eigenvalue weighted by Crippen LogP contribution is -2.62. The molecule has 9 heteroatoms. The van der Waals surface area contributed by atoms with Crippen LogP contribution in [-0.4, -0.2) is 51.6 Å². The molecule has 142 valence electrons. The molecular formula is C16H27NO5S2Si. The Morgan fingerprint density at radius 3 is 2.44 bits per heavy atom. The summed E-state index contributed by atoms with van der Waals surface area (Å²) in [6, 6.07) is 0. The monoisotopic (exact) mass is 405 g/mol. The summed E-state index contributed by atoms with van der Waals surface area (Å²) < 4.78 is 18.8. The Hall–Kier alpha value is -0.643. The van der Waals surface area contributed by atoms with Crippen molar-refractivity contribution in [3.63, 3.8) is 0 Å². The Morgan fingerprint density at radius 2 is 2.00 bits per heavy atom. The minimum atomic E-state index is -2.04. The highest BCUT2D eigenvalue weighted by atomic mass is 32.2. The summed E-state index contributed by atoms with van der Waals surface area (Å²) in [5.74, 6) is -1.52. The van der Waals surface area contributed by atoms with E-state index < -0.39 is 31.0 Å². The maximum absolute atomic E-state index is 12.6. The molecule has 2 aliphatic heterocycles. The Labute approximate surface area is 157 Å². The van der Waals surface area contributed by atoms with Crippen LogP contribution in [0.3, 0.4) is 0 Å². The number of carbonyl (C=O) groups excluding carboxylic acids is 1. The van der Waals surface area contributed by atoms with Gasteiger partial charge in [-0.3, -0.25) is 13.9 Å². The number of hydrogen-bond acceptors (Lipinski definition) is 5. The zero-order chi connectivity index (χ0) is 19.3. The van der Waals surface area contributed by atoms with Crippen molar-refractivity contribution in [2.75, 3.05) is 5.75 Å². The van der Waals surface area contributed by atoms with Crippen LogP contribution in [-0.2, 0) is 24.8 Å². The first-order chi connectivity index (χ1) is 11.3. The molecule has 25 heavy (non-hydrogen) atoms. The smallest absolute Gasteiger partial charge is 0.354 e. The fraction of sp³-hybridized carbons (Fsp3) is 0.750. The van der Waals surface area contributed by atoms with Crippen LogP contribution in [0.15, 0.2) is 9.93 Å². The lowest BCUT2D eigenvalue weighted by atomic mass is 9.92. The van der Waals surface area contributed by atoms with E-state index in [1.165, 1.54) is 16.7 Å². The van der Waals surface area contributed by atoms with Gasteiger partial charge in [-0.15, -0.1) is 0 Å². The van der Waals surface area contributed by atoms with E-state index in [0.717, 1.165) is 0 Å². The lowest BCUT2D eigenvalue weighted by Gasteiger charge is -2.48. The number of aliphatic carboxylic acids is 1. The highest BCUT2D eigenvalue weighted by molar-refractivity contribution is 8.17. The quantitative estimate of drug-likeness (QED) is 0.540. The summed E-state index contributed by atoms with van der Waals surface area (Å²) in [4.78, 5) is 25.5. The molecule has 0 bridgehead atoms. The van der Waals surface area contributed by atoms with E-state index in [0.29, 0.717) is 9.99 Å². The van der Waals surface area contributed by atoms with Crippen LogP contribution >= 0.6 is 11.8 Å². The van der Waals surface area contributed by atoms with Gasteiger partial charge >= 0.3 is 5.97 Å². The SMILES string of the molecule is CCS(=O)C1=C(C(=O)O)N2C(=O)[C@H]([C@@H](C)O[Si](C)(C)C(C)(C)C)[C@H]2S1. The van der Waals surface area contributed by atoms with Crippen molar-refractivity contribution in [2.45, 2.75) is 64.2 Å². The van der Waals surface area contributed by atoms with E-state index >= 15 is 0 Å². The fourth-order valence-corrected chi connectivity index (χ4v) is 7.23. The normalized spacial score (nSPS) is 26.4. The molecule has 2 heterocycles. The Morgan fingerprint density at radius 1 is 1.44 bits per heavy atom. The second kappa shape index (κ2) is 6.83. The first kappa shape index (κ1) is 20.7. The molecule has 4 atom stereocenters. The number of nitrogens with zero attached hydrogens (tertiary/aromatic N) is 1. The number of carbonyl (C=O) groups is 2. The number of amides is 1. The third-order valence-electron chi connectivity index (χ3n) is 5.21. The van der Waals surface area contributed by atoms with Crippen LogP contribution in [0.1, 0.15) is 34.6 Å². The number of carboxylic acids is 1. The third-order valence-corrected chi connectivity index (χ3v) is 12.9. The van der Waals surface area contributed by atoms with Gasteiger partial charge in [0.1, 0.15) is 9.61 Å². The molecule has 0 aromatic heterocycles. The lowest BCUT2D eigenvalue weighted by molar-refractivity contribution is -0.156. The second-order valence-electron chi connectivity index (χ2n) is 7.90. The van der Waals surface area contributed by atoms with E-state index in [1.54, 1.807) is 6.92 Å². The largest absolute Gasteiger partial charge is 0.477 e. The number of carboxylic acid groups (broad SMARTS) is 1. The molecule has 0 aromatic rings.